The van der Waals surface area contributed by atoms with E-state index in [-0.39, 0.29) is 56.9 Å². The quantitative estimate of drug-likeness (QED) is 0.479. The Kier molecular flexibility index (Phi) is 6.12. The van der Waals surface area contributed by atoms with Crippen molar-refractivity contribution in [1.29, 1.82) is 0 Å². The summed E-state index contributed by atoms with van der Waals surface area (Å²) in [4.78, 5) is 10.4. The second-order valence-corrected chi connectivity index (χ2v) is 2.66. The average Bonchev–Trinajstić information content (AvgIpc) is 2.15. The van der Waals surface area contributed by atoms with Crippen molar-refractivity contribution in [2.45, 2.75) is 0 Å². The van der Waals surface area contributed by atoms with Crippen LogP contribution in [0.3, 0.4) is 0 Å². The van der Waals surface area contributed by atoms with Crippen LogP contribution < -0.4 is 61.6 Å². The Bertz CT molecular complexity index is 354. The molecule has 0 spiro atoms. The van der Waals surface area contributed by atoms with Crippen LogP contribution in [-0.4, -0.2) is 20.4 Å². The van der Waals surface area contributed by atoms with Crippen LogP contribution in [0.25, 0.3) is 0 Å². The van der Waals surface area contributed by atoms with Crippen molar-refractivity contribution in [1.82, 2.24) is 0 Å². The molecule has 1 aromatic carbocycles. The van der Waals surface area contributed by atoms with Gasteiger partial charge in [0.1, 0.15) is 5.75 Å². The third-order valence-electron chi connectivity index (χ3n) is 1.76. The first-order valence-electron chi connectivity index (χ1n) is 3.82. The smallest absolute Gasteiger partial charge is 0.499 e. The number of hydrogen-bond donors (Lipinski definition) is 0. The minimum Gasteiger partial charge on any atom is -0.499 e. The van der Waals surface area contributed by atoms with Crippen molar-refractivity contribution in [3.8, 4) is 5.75 Å². The Hall–Kier alpha value is 0.181. The zero-order valence-electron chi connectivity index (χ0n) is 8.34. The first kappa shape index (κ1) is 15.2. The number of aldehydes is 1. The summed E-state index contributed by atoms with van der Waals surface area (Å²) < 4.78 is 41.8. The largest absolute Gasteiger partial charge is 1.00 e. The second-order valence-electron chi connectivity index (χ2n) is 2.66. The normalized spacial score (nSPS) is 10.4. The van der Waals surface area contributed by atoms with Crippen LogP contribution in [0, 0.1) is 0 Å². The maximum atomic E-state index is 12.4. The molecule has 0 fully saturated rings. The molecule has 0 bridgehead atoms. The van der Waals surface area contributed by atoms with E-state index in [0.717, 1.165) is 13.2 Å². The van der Waals surface area contributed by atoms with Gasteiger partial charge < -0.3 is 17.7 Å². The van der Waals surface area contributed by atoms with Crippen molar-refractivity contribution in [2.24, 2.45) is 0 Å². The second kappa shape index (κ2) is 6.05. The number of methoxy groups -OCH3 is 1. The van der Waals surface area contributed by atoms with Crippen molar-refractivity contribution < 1.29 is 73.9 Å². The summed E-state index contributed by atoms with van der Waals surface area (Å²) in [6.45, 7) is -5.15. The Morgan fingerprint density at radius 1 is 1.33 bits per heavy atom. The molecule has 0 atom stereocenters. The number of ether oxygens (including phenoxy) is 1. The van der Waals surface area contributed by atoms with E-state index in [9.17, 15) is 17.7 Å². The van der Waals surface area contributed by atoms with Crippen molar-refractivity contribution in [3.63, 3.8) is 0 Å². The SMILES string of the molecule is COc1c(C=O)cccc1[B-](F)(F)F.[K+]. The minimum absolute atomic E-state index is 0. The number of hydrogen-bond acceptors (Lipinski definition) is 2. The predicted molar refractivity (Wildman–Crippen MR) is 47.1 cm³/mol. The monoisotopic (exact) mass is 242 g/mol. The fourth-order valence-corrected chi connectivity index (χ4v) is 1.16. The molecular formula is C8H7BF3KO2. The van der Waals surface area contributed by atoms with Gasteiger partial charge in [-0.15, -0.1) is 0 Å². The van der Waals surface area contributed by atoms with E-state index in [1.165, 1.54) is 12.1 Å². The maximum absolute atomic E-state index is 12.4. The summed E-state index contributed by atoms with van der Waals surface area (Å²) in [5, 5.41) is 0. The molecule has 0 aromatic heterocycles. The third-order valence-corrected chi connectivity index (χ3v) is 1.76. The molecule has 0 amide bonds. The van der Waals surface area contributed by atoms with E-state index in [4.69, 9.17) is 0 Å². The third kappa shape index (κ3) is 3.60. The molecule has 0 radical (unpaired) electrons. The van der Waals surface area contributed by atoms with Crippen LogP contribution in [-0.2, 0) is 0 Å². The Labute approximate surface area is 128 Å². The molecule has 0 aliphatic heterocycles. The molecule has 0 aliphatic rings. The molecule has 2 nitrogen and oxygen atoms in total. The molecule has 0 N–H and O–H groups in total. The van der Waals surface area contributed by atoms with E-state index in [0.29, 0.717) is 6.29 Å². The van der Waals surface area contributed by atoms with Gasteiger partial charge in [-0.1, -0.05) is 17.6 Å². The zero-order valence-corrected chi connectivity index (χ0v) is 11.5. The Balaban J connectivity index is 0.00000196. The predicted octanol–water partition coefficient (Wildman–Crippen LogP) is -1.43. The molecular weight excluding hydrogens is 235 g/mol. The number of para-hydroxylation sites is 1. The van der Waals surface area contributed by atoms with Gasteiger partial charge in [-0.05, 0) is 6.07 Å². The summed E-state index contributed by atoms with van der Waals surface area (Å²) in [7, 11) is 1.10. The molecule has 0 unspecified atom stereocenters. The average molecular weight is 242 g/mol. The van der Waals surface area contributed by atoms with Crippen LogP contribution >= 0.6 is 0 Å². The summed E-state index contributed by atoms with van der Waals surface area (Å²) in [5.74, 6) is -0.407. The van der Waals surface area contributed by atoms with Crippen molar-refractivity contribution in [2.75, 3.05) is 7.11 Å². The Morgan fingerprint density at radius 3 is 2.33 bits per heavy atom. The number of rotatable bonds is 3. The number of halogens is 3. The van der Waals surface area contributed by atoms with Gasteiger partial charge in [0.05, 0.1) is 12.7 Å². The summed E-state index contributed by atoms with van der Waals surface area (Å²) in [6.07, 6.45) is 0.337. The first-order chi connectivity index (χ1) is 6.50. The van der Waals surface area contributed by atoms with Crippen LogP contribution in [0.1, 0.15) is 10.4 Å². The zero-order chi connectivity index (χ0) is 10.8. The van der Waals surface area contributed by atoms with E-state index in [1.807, 2.05) is 0 Å². The van der Waals surface area contributed by atoms with Gasteiger partial charge in [-0.25, -0.2) is 0 Å². The molecule has 76 valence electrons. The van der Waals surface area contributed by atoms with Gasteiger partial charge in [0.2, 0.25) is 0 Å². The molecule has 15 heavy (non-hydrogen) atoms. The van der Waals surface area contributed by atoms with Gasteiger partial charge in [0.25, 0.3) is 0 Å². The minimum atomic E-state index is -5.15. The van der Waals surface area contributed by atoms with E-state index in [2.05, 4.69) is 4.74 Å². The summed E-state index contributed by atoms with van der Waals surface area (Å²) >= 11 is 0. The molecule has 0 heterocycles. The Morgan fingerprint density at radius 2 is 1.93 bits per heavy atom. The number of benzene rings is 1. The van der Waals surface area contributed by atoms with Crippen LogP contribution in [0.5, 0.6) is 5.75 Å². The molecule has 1 rings (SSSR count). The summed E-state index contributed by atoms with van der Waals surface area (Å²) in [6, 6.07) is 3.35. The van der Waals surface area contributed by atoms with E-state index < -0.39 is 18.2 Å². The van der Waals surface area contributed by atoms with Gasteiger partial charge >= 0.3 is 58.4 Å². The van der Waals surface area contributed by atoms with E-state index in [1.54, 1.807) is 0 Å². The van der Waals surface area contributed by atoms with Crippen molar-refractivity contribution in [3.05, 3.63) is 23.8 Å². The molecule has 1 aromatic rings. The molecule has 0 saturated carbocycles. The summed E-state index contributed by atoms with van der Waals surface area (Å²) in [5.41, 5.74) is -0.971. The van der Waals surface area contributed by atoms with Gasteiger partial charge in [0, 0.05) is 0 Å². The molecule has 7 heteroatoms. The fraction of sp³-hybridized carbons (Fsp3) is 0.125. The van der Waals surface area contributed by atoms with Crippen molar-refractivity contribution >= 4 is 18.7 Å². The van der Waals surface area contributed by atoms with Gasteiger partial charge in [-0.2, -0.15) is 0 Å². The van der Waals surface area contributed by atoms with Crippen LogP contribution in [0.4, 0.5) is 12.9 Å². The standard InChI is InChI=1S/C8H7BF3O2.K/c1-14-8-6(5-13)3-2-4-7(8)9(10,11)12;/h2-5H,1H3;/q-1;+1. The van der Waals surface area contributed by atoms with Crippen LogP contribution in [0.2, 0.25) is 0 Å². The topological polar surface area (TPSA) is 26.3 Å². The first-order valence-corrected chi connectivity index (χ1v) is 3.82. The van der Waals surface area contributed by atoms with E-state index >= 15 is 0 Å². The maximum Gasteiger partial charge on any atom is 1.00 e. The fourth-order valence-electron chi connectivity index (χ4n) is 1.16. The van der Waals surface area contributed by atoms with Gasteiger partial charge in [-0.3, -0.25) is 4.79 Å². The number of carbonyl (C=O) groups is 1. The van der Waals surface area contributed by atoms with Gasteiger partial charge in [0.15, 0.2) is 6.29 Å². The van der Waals surface area contributed by atoms with Crippen LogP contribution in [0.15, 0.2) is 18.2 Å². The molecule has 0 saturated heterocycles. The number of carbonyl (C=O) groups excluding carboxylic acids is 1. The molecule has 0 aliphatic carbocycles.